The van der Waals surface area contributed by atoms with Gasteiger partial charge >= 0.3 is 0 Å². The summed E-state index contributed by atoms with van der Waals surface area (Å²) in [6.07, 6.45) is 1.33. The van der Waals surface area contributed by atoms with Crippen LogP contribution in [-0.4, -0.2) is 5.75 Å². The van der Waals surface area contributed by atoms with E-state index >= 15 is 0 Å². The van der Waals surface area contributed by atoms with Crippen LogP contribution in [0.4, 0.5) is 0 Å². The van der Waals surface area contributed by atoms with Crippen LogP contribution in [-0.2, 0) is 0 Å². The number of rotatable bonds is 0. The Bertz CT molecular complexity index is 38.8. The van der Waals surface area contributed by atoms with E-state index in [9.17, 15) is 0 Å². The lowest BCUT2D eigenvalue weighted by Crippen LogP contribution is -1.72. The summed E-state index contributed by atoms with van der Waals surface area (Å²) in [7, 11) is 3.89. The minimum Gasteiger partial charge on any atom is -0.0935 e. The van der Waals surface area contributed by atoms with E-state index in [1.165, 1.54) is 12.2 Å². The van der Waals surface area contributed by atoms with Gasteiger partial charge in [-0.25, -0.2) is 0 Å². The minimum absolute atomic E-state index is 1.33. The average Bonchev–Trinajstić information content (AvgIpc) is 1.86. The van der Waals surface area contributed by atoms with Crippen molar-refractivity contribution < 1.29 is 0 Å². The topological polar surface area (TPSA) is 0 Å². The van der Waals surface area contributed by atoms with Gasteiger partial charge in [-0.15, -0.1) is 0 Å². The van der Waals surface area contributed by atoms with Crippen molar-refractivity contribution in [3.8, 4) is 0 Å². The van der Waals surface area contributed by atoms with Crippen molar-refractivity contribution in [2.75, 3.05) is 5.75 Å². The van der Waals surface area contributed by atoms with Crippen molar-refractivity contribution in [1.82, 2.24) is 0 Å². The van der Waals surface area contributed by atoms with Crippen LogP contribution in [0.15, 0.2) is 0 Å². The summed E-state index contributed by atoms with van der Waals surface area (Å²) < 4.78 is 0. The van der Waals surface area contributed by atoms with Crippen LogP contribution >= 0.6 is 21.6 Å². The molecule has 1 saturated heterocycles. The average molecular weight is 119 g/mol. The highest BCUT2D eigenvalue weighted by Crippen LogP contribution is 2.42. The predicted octanol–water partition coefficient (Wildman–Crippen LogP) is 2.32. The third kappa shape index (κ3) is 1.09. The second-order valence-corrected chi connectivity index (χ2v) is 4.07. The summed E-state index contributed by atoms with van der Waals surface area (Å²) in [6.45, 7) is 2.20. The largest absolute Gasteiger partial charge is 0.0935 e. The van der Waals surface area contributed by atoms with Crippen LogP contribution in [0.25, 0.3) is 0 Å². The Morgan fingerprint density at radius 2 is 2.50 bits per heavy atom. The molecule has 0 aromatic rings. The molecule has 0 saturated carbocycles. The van der Waals surface area contributed by atoms with Crippen molar-refractivity contribution in [3.63, 3.8) is 0 Å². The molecule has 0 bridgehead atoms. The van der Waals surface area contributed by atoms with Crippen LogP contribution in [0.5, 0.6) is 0 Å². The van der Waals surface area contributed by atoms with E-state index < -0.39 is 0 Å². The van der Waals surface area contributed by atoms with Crippen molar-refractivity contribution in [3.05, 3.63) is 5.25 Å². The zero-order valence-electron chi connectivity index (χ0n) is 3.73. The van der Waals surface area contributed by atoms with Crippen molar-refractivity contribution in [2.45, 2.75) is 13.3 Å². The smallest absolute Gasteiger partial charge is 0.0396 e. The molecular weight excluding hydrogens is 112 g/mol. The van der Waals surface area contributed by atoms with Crippen LogP contribution < -0.4 is 0 Å². The van der Waals surface area contributed by atoms with Gasteiger partial charge in [-0.2, -0.15) is 0 Å². The zero-order valence-corrected chi connectivity index (χ0v) is 5.36. The van der Waals surface area contributed by atoms with Gasteiger partial charge in [-0.3, -0.25) is 0 Å². The molecule has 1 heterocycles. The van der Waals surface area contributed by atoms with Gasteiger partial charge < -0.3 is 0 Å². The summed E-state index contributed by atoms with van der Waals surface area (Å²) in [5.41, 5.74) is 0. The Kier molecular flexibility index (Phi) is 1.72. The fraction of sp³-hybridized carbons (Fsp3) is 0.750. The molecule has 0 amide bonds. The standard InChI is InChI=1S/C4H7S2/c1-4-2-3-5-6-4/h2-3H2,1H3. The molecule has 35 valence electrons. The van der Waals surface area contributed by atoms with Crippen LogP contribution in [0, 0.1) is 5.25 Å². The molecule has 0 aromatic heterocycles. The molecule has 1 aliphatic rings. The van der Waals surface area contributed by atoms with E-state index in [-0.39, 0.29) is 0 Å². The second kappa shape index (κ2) is 2.12. The molecule has 1 aliphatic heterocycles. The first-order valence-electron chi connectivity index (χ1n) is 2.01. The van der Waals surface area contributed by atoms with Gasteiger partial charge in [0.1, 0.15) is 0 Å². The monoisotopic (exact) mass is 119 g/mol. The first-order chi connectivity index (χ1) is 2.89. The molecule has 0 spiro atoms. The molecule has 2 heteroatoms. The van der Waals surface area contributed by atoms with E-state index in [2.05, 4.69) is 6.92 Å². The molecule has 1 rings (SSSR count). The van der Waals surface area contributed by atoms with Crippen molar-refractivity contribution in [1.29, 1.82) is 0 Å². The third-order valence-electron chi connectivity index (χ3n) is 0.739. The van der Waals surface area contributed by atoms with Crippen molar-refractivity contribution >= 4 is 21.6 Å². The maximum atomic E-state index is 2.20. The van der Waals surface area contributed by atoms with Gasteiger partial charge in [0, 0.05) is 11.0 Å². The summed E-state index contributed by atoms with van der Waals surface area (Å²) in [4.78, 5) is 0. The summed E-state index contributed by atoms with van der Waals surface area (Å²) in [6, 6.07) is 0. The van der Waals surface area contributed by atoms with Crippen molar-refractivity contribution in [2.24, 2.45) is 0 Å². The Morgan fingerprint density at radius 1 is 1.67 bits per heavy atom. The van der Waals surface area contributed by atoms with Gasteiger partial charge in [0.25, 0.3) is 0 Å². The van der Waals surface area contributed by atoms with Gasteiger partial charge in [0.05, 0.1) is 0 Å². The highest BCUT2D eigenvalue weighted by molar-refractivity contribution is 8.78. The Labute approximate surface area is 46.5 Å². The van der Waals surface area contributed by atoms with E-state index in [0.29, 0.717) is 0 Å². The first kappa shape index (κ1) is 4.85. The molecular formula is C4H7S2. The maximum absolute atomic E-state index is 2.20. The fourth-order valence-electron chi connectivity index (χ4n) is 0.369. The predicted molar refractivity (Wildman–Crippen MR) is 33.6 cm³/mol. The van der Waals surface area contributed by atoms with Crippen LogP contribution in [0.1, 0.15) is 13.3 Å². The normalized spacial score (nSPS) is 25.5. The fourth-order valence-corrected chi connectivity index (χ4v) is 2.71. The highest BCUT2D eigenvalue weighted by Gasteiger charge is 2.09. The molecule has 6 heavy (non-hydrogen) atoms. The first-order valence-corrected chi connectivity index (χ1v) is 4.33. The minimum atomic E-state index is 1.33. The van der Waals surface area contributed by atoms with Gasteiger partial charge in [-0.1, -0.05) is 21.6 Å². The highest BCUT2D eigenvalue weighted by atomic mass is 33.1. The van der Waals surface area contributed by atoms with Gasteiger partial charge in [-0.05, 0) is 13.3 Å². The molecule has 0 N–H and O–H groups in total. The molecule has 0 atom stereocenters. The molecule has 1 fully saturated rings. The maximum Gasteiger partial charge on any atom is 0.0396 e. The Morgan fingerprint density at radius 3 is 2.67 bits per heavy atom. The van der Waals surface area contributed by atoms with E-state index in [4.69, 9.17) is 0 Å². The van der Waals surface area contributed by atoms with E-state index in [0.717, 1.165) is 0 Å². The molecule has 0 unspecified atom stereocenters. The Hall–Kier alpha value is 0.700. The molecule has 1 radical (unpaired) electrons. The lowest BCUT2D eigenvalue weighted by molar-refractivity contribution is 1.09. The molecule has 0 aromatic carbocycles. The quantitative estimate of drug-likeness (QED) is 0.449. The Balaban J connectivity index is 2.18. The summed E-state index contributed by atoms with van der Waals surface area (Å²) in [5.74, 6) is 1.33. The van der Waals surface area contributed by atoms with E-state index in [1.807, 2.05) is 21.6 Å². The zero-order chi connectivity index (χ0) is 4.41. The van der Waals surface area contributed by atoms with Crippen LogP contribution in [0.3, 0.4) is 0 Å². The third-order valence-corrected chi connectivity index (χ3v) is 3.42. The second-order valence-electron chi connectivity index (χ2n) is 1.36. The lowest BCUT2D eigenvalue weighted by atomic mass is 10.4. The van der Waals surface area contributed by atoms with Gasteiger partial charge in [0.15, 0.2) is 0 Å². The summed E-state index contributed by atoms with van der Waals surface area (Å²) in [5, 5.41) is 1.58. The molecule has 0 nitrogen and oxygen atoms in total. The number of hydrogen-bond donors (Lipinski definition) is 0. The SMILES string of the molecule is C[C]1CCSS1. The number of hydrogen-bond acceptors (Lipinski definition) is 2. The summed E-state index contributed by atoms with van der Waals surface area (Å²) >= 11 is 0. The van der Waals surface area contributed by atoms with Gasteiger partial charge in [0.2, 0.25) is 0 Å². The lowest BCUT2D eigenvalue weighted by Gasteiger charge is -1.87. The van der Waals surface area contributed by atoms with E-state index in [1.54, 1.807) is 5.25 Å². The van der Waals surface area contributed by atoms with Crippen LogP contribution in [0.2, 0.25) is 0 Å². The molecule has 0 aliphatic carbocycles.